The van der Waals surface area contributed by atoms with Crippen molar-refractivity contribution < 1.29 is 33.9 Å². The van der Waals surface area contributed by atoms with Gasteiger partial charge in [0.1, 0.15) is 35.7 Å². The molecule has 3 N–H and O–H groups in total. The summed E-state index contributed by atoms with van der Waals surface area (Å²) < 4.78 is 23.5. The molecule has 41 heavy (non-hydrogen) atoms. The highest BCUT2D eigenvalue weighted by Gasteiger charge is 2.43. The van der Waals surface area contributed by atoms with Gasteiger partial charge in [-0.2, -0.15) is 0 Å². The number of hydrogen-bond donors (Lipinski definition) is 3. The molecule has 2 aliphatic heterocycles. The fraction of sp³-hybridized carbons (Fsp3) is 0.406. The quantitative estimate of drug-likeness (QED) is 0.247. The van der Waals surface area contributed by atoms with Crippen LogP contribution in [0.1, 0.15) is 42.7 Å². The van der Waals surface area contributed by atoms with Gasteiger partial charge in [-0.3, -0.25) is 4.90 Å². The second-order valence-corrected chi connectivity index (χ2v) is 10.9. The molecule has 6 atom stereocenters. The zero-order chi connectivity index (χ0) is 29.0. The first kappa shape index (κ1) is 27.8. The third kappa shape index (κ3) is 4.53. The summed E-state index contributed by atoms with van der Waals surface area (Å²) in [5, 5.41) is 35.4. The lowest BCUT2D eigenvalue weighted by Gasteiger charge is -2.40. The Balaban J connectivity index is 1.72. The van der Waals surface area contributed by atoms with Crippen LogP contribution in [0.4, 0.5) is 0 Å². The van der Waals surface area contributed by atoms with E-state index >= 15 is 0 Å². The van der Waals surface area contributed by atoms with Crippen LogP contribution in [-0.2, 0) is 9.47 Å². The average molecular weight is 562 g/mol. The molecule has 0 aliphatic carbocycles. The Kier molecular flexibility index (Phi) is 7.35. The molecule has 216 valence electrons. The summed E-state index contributed by atoms with van der Waals surface area (Å²) in [4.78, 5) is 15.7. The van der Waals surface area contributed by atoms with Gasteiger partial charge in [0.25, 0.3) is 0 Å². The lowest BCUT2D eigenvalue weighted by atomic mass is 9.85. The second-order valence-electron chi connectivity index (χ2n) is 10.9. The minimum atomic E-state index is -1.41. The Morgan fingerprint density at radius 3 is 2.49 bits per heavy atom. The molecule has 9 heteroatoms. The topological polar surface area (TPSA) is 122 Å². The zero-order valence-corrected chi connectivity index (χ0v) is 23.4. The molecule has 3 heterocycles. The van der Waals surface area contributed by atoms with E-state index in [2.05, 4.69) is 18.4 Å². The van der Waals surface area contributed by atoms with E-state index < -0.39 is 36.1 Å². The van der Waals surface area contributed by atoms with Gasteiger partial charge < -0.3 is 33.9 Å². The summed E-state index contributed by atoms with van der Waals surface area (Å²) in [6.45, 7) is 10.4. The van der Waals surface area contributed by atoms with Crippen molar-refractivity contribution in [3.63, 3.8) is 0 Å². The van der Waals surface area contributed by atoms with Crippen molar-refractivity contribution in [3.05, 3.63) is 70.1 Å². The van der Waals surface area contributed by atoms with Crippen LogP contribution in [0.15, 0.2) is 52.2 Å². The summed E-state index contributed by atoms with van der Waals surface area (Å²) >= 11 is 0. The summed E-state index contributed by atoms with van der Waals surface area (Å²) in [7, 11) is 1.54. The molecule has 0 amide bonds. The standard InChI is InChI=1S/C32H35NO8/c1-5-18-13-23-26(24(14-18)38-4)22-15-21(31-29(36)28(35)27(34)17(3)40-31)25-19(16(2)33-9-11-39-12-10-33)7-6-8-20(25)30(22)41-32(23)37/h5-8,13-17,27-29,31,34-36H,1,9-12H2,2-4H3/t16?,17-,27-,28+,29+,31-/m0/s1. The smallest absolute Gasteiger partial charge is 0.344 e. The first-order valence-corrected chi connectivity index (χ1v) is 13.9. The number of rotatable bonds is 5. The number of aliphatic hydroxyl groups is 3. The first-order chi connectivity index (χ1) is 19.7. The normalized spacial score (nSPS) is 26.4. The third-order valence-corrected chi connectivity index (χ3v) is 8.64. The number of hydrogen-bond acceptors (Lipinski definition) is 9. The van der Waals surface area contributed by atoms with Crippen molar-refractivity contribution >= 4 is 38.6 Å². The van der Waals surface area contributed by atoms with Crippen LogP contribution < -0.4 is 10.4 Å². The summed E-state index contributed by atoms with van der Waals surface area (Å²) in [5.74, 6) is 0.479. The Bertz CT molecular complexity index is 1690. The van der Waals surface area contributed by atoms with Crippen molar-refractivity contribution in [2.75, 3.05) is 33.4 Å². The van der Waals surface area contributed by atoms with E-state index in [0.29, 0.717) is 57.2 Å². The Morgan fingerprint density at radius 2 is 1.78 bits per heavy atom. The van der Waals surface area contributed by atoms with E-state index in [1.165, 1.54) is 0 Å². The highest BCUT2D eigenvalue weighted by molar-refractivity contribution is 6.17. The molecule has 0 bridgehead atoms. The van der Waals surface area contributed by atoms with E-state index in [-0.39, 0.29) is 6.04 Å². The monoisotopic (exact) mass is 561 g/mol. The molecule has 0 radical (unpaired) electrons. The summed E-state index contributed by atoms with van der Waals surface area (Å²) in [6.07, 6.45) is -4.11. The molecule has 1 unspecified atom stereocenters. The minimum absolute atomic E-state index is 0.0377. The van der Waals surface area contributed by atoms with Crippen LogP contribution in [0.3, 0.4) is 0 Å². The average Bonchev–Trinajstić information content (AvgIpc) is 3.01. The molecule has 0 saturated carbocycles. The molecule has 6 rings (SSSR count). The van der Waals surface area contributed by atoms with Crippen LogP contribution in [0, 0.1) is 0 Å². The highest BCUT2D eigenvalue weighted by atomic mass is 16.5. The van der Waals surface area contributed by atoms with Crippen LogP contribution in [-0.4, -0.2) is 78.0 Å². The van der Waals surface area contributed by atoms with Crippen molar-refractivity contribution in [2.24, 2.45) is 0 Å². The van der Waals surface area contributed by atoms with E-state index in [4.69, 9.17) is 18.6 Å². The van der Waals surface area contributed by atoms with Gasteiger partial charge in [0.2, 0.25) is 0 Å². The molecular formula is C32H35NO8. The maximum absolute atomic E-state index is 13.4. The fourth-order valence-corrected chi connectivity index (χ4v) is 6.36. The lowest BCUT2D eigenvalue weighted by Crippen LogP contribution is -2.53. The lowest BCUT2D eigenvalue weighted by molar-refractivity contribution is -0.219. The minimum Gasteiger partial charge on any atom is -0.496 e. The molecule has 2 fully saturated rings. The van der Waals surface area contributed by atoms with Crippen LogP contribution in [0.25, 0.3) is 38.6 Å². The van der Waals surface area contributed by atoms with Gasteiger partial charge in [-0.05, 0) is 54.1 Å². The number of ether oxygens (including phenoxy) is 3. The van der Waals surface area contributed by atoms with E-state index in [1.807, 2.05) is 30.3 Å². The number of benzene rings is 3. The molecule has 1 aromatic heterocycles. The summed E-state index contributed by atoms with van der Waals surface area (Å²) in [5.41, 5.74) is 2.18. The number of fused-ring (bicyclic) bond motifs is 5. The number of nitrogens with zero attached hydrogens (tertiary/aromatic N) is 1. The largest absolute Gasteiger partial charge is 0.496 e. The number of aliphatic hydroxyl groups excluding tert-OH is 3. The Morgan fingerprint density at radius 1 is 1.02 bits per heavy atom. The van der Waals surface area contributed by atoms with Crippen molar-refractivity contribution in [1.82, 2.24) is 4.90 Å². The van der Waals surface area contributed by atoms with Crippen molar-refractivity contribution in [2.45, 2.75) is 50.4 Å². The number of morpholine rings is 1. The van der Waals surface area contributed by atoms with Crippen molar-refractivity contribution in [1.29, 1.82) is 0 Å². The van der Waals surface area contributed by atoms with Gasteiger partial charge in [-0.15, -0.1) is 0 Å². The van der Waals surface area contributed by atoms with Gasteiger partial charge in [0.05, 0.1) is 31.8 Å². The fourth-order valence-electron chi connectivity index (χ4n) is 6.36. The van der Waals surface area contributed by atoms with Crippen LogP contribution in [0.5, 0.6) is 5.75 Å². The van der Waals surface area contributed by atoms with E-state index in [9.17, 15) is 20.1 Å². The maximum atomic E-state index is 13.4. The molecule has 3 aromatic carbocycles. The maximum Gasteiger partial charge on any atom is 0.344 e. The molecule has 4 aromatic rings. The Labute approximate surface area is 237 Å². The van der Waals surface area contributed by atoms with Gasteiger partial charge in [0.15, 0.2) is 0 Å². The number of methoxy groups -OCH3 is 1. The van der Waals surface area contributed by atoms with Crippen LogP contribution >= 0.6 is 0 Å². The first-order valence-electron chi connectivity index (χ1n) is 13.9. The van der Waals surface area contributed by atoms with E-state index in [1.54, 1.807) is 26.2 Å². The van der Waals surface area contributed by atoms with Gasteiger partial charge in [-0.25, -0.2) is 4.79 Å². The van der Waals surface area contributed by atoms with Gasteiger partial charge >= 0.3 is 5.63 Å². The van der Waals surface area contributed by atoms with Crippen LogP contribution in [0.2, 0.25) is 0 Å². The van der Waals surface area contributed by atoms with Gasteiger partial charge in [0, 0.05) is 35.3 Å². The molecular weight excluding hydrogens is 526 g/mol. The SMILES string of the molecule is C=Cc1cc(OC)c2c(c1)c(=O)oc1c3cccc(C(C)N4CCOCC4)c3c([C@@H]3O[C@@H](C)[C@H](O)[C@@H](O)[C@H]3O)cc12. The van der Waals surface area contributed by atoms with Gasteiger partial charge in [-0.1, -0.05) is 30.9 Å². The molecule has 2 saturated heterocycles. The Hall–Kier alpha value is -3.31. The van der Waals surface area contributed by atoms with E-state index in [0.717, 1.165) is 24.0 Å². The highest BCUT2D eigenvalue weighted by Crippen LogP contribution is 2.44. The summed E-state index contributed by atoms with van der Waals surface area (Å²) in [6, 6.07) is 11.2. The second kappa shape index (κ2) is 10.8. The third-order valence-electron chi connectivity index (χ3n) is 8.64. The zero-order valence-electron chi connectivity index (χ0n) is 23.4. The molecule has 0 spiro atoms. The molecule has 9 nitrogen and oxygen atoms in total. The predicted octanol–water partition coefficient (Wildman–Crippen LogP) is 3.69. The van der Waals surface area contributed by atoms with Crippen molar-refractivity contribution in [3.8, 4) is 5.75 Å². The molecule has 2 aliphatic rings. The predicted molar refractivity (Wildman–Crippen MR) is 156 cm³/mol.